The molecule has 1 aromatic heterocycles. The van der Waals surface area contributed by atoms with Gasteiger partial charge in [-0.1, -0.05) is 13.5 Å². The molecule has 5 nitrogen and oxygen atoms in total. The van der Waals surface area contributed by atoms with E-state index in [1.807, 2.05) is 25.3 Å². The van der Waals surface area contributed by atoms with Crippen LogP contribution in [0.1, 0.15) is 45.1 Å². The molecule has 1 heterocycles. The maximum Gasteiger partial charge on any atom is 0.138 e. The number of carbonyl (C=O) groups is 1. The largest absolute Gasteiger partial charge is 0.389 e. The van der Waals surface area contributed by atoms with Crippen LogP contribution in [0.2, 0.25) is 0 Å². The van der Waals surface area contributed by atoms with Gasteiger partial charge in [-0.15, -0.1) is 0 Å². The molecule has 0 bridgehead atoms. The maximum absolute atomic E-state index is 12.0. The third-order valence-corrected chi connectivity index (χ3v) is 5.27. The van der Waals surface area contributed by atoms with Crippen molar-refractivity contribution in [1.29, 1.82) is 0 Å². The fourth-order valence-electron chi connectivity index (χ4n) is 3.54. The second-order valence-corrected chi connectivity index (χ2v) is 6.42. The summed E-state index contributed by atoms with van der Waals surface area (Å²) in [5.41, 5.74) is 1.57. The Morgan fingerprint density at radius 3 is 2.38 bits per heavy atom. The average Bonchev–Trinajstić information content (AvgIpc) is 2.85. The first-order valence-electron chi connectivity index (χ1n) is 7.20. The number of aliphatic hydroxyl groups is 2. The van der Waals surface area contributed by atoms with Crippen molar-refractivity contribution in [2.45, 2.75) is 52.9 Å². The zero-order valence-electron chi connectivity index (χ0n) is 13.3. The molecule has 5 atom stereocenters. The third kappa shape index (κ3) is 2.07. The van der Waals surface area contributed by atoms with E-state index < -0.39 is 17.6 Å². The lowest BCUT2D eigenvalue weighted by Gasteiger charge is -2.30. The maximum atomic E-state index is 12.0. The summed E-state index contributed by atoms with van der Waals surface area (Å²) >= 11 is 0. The van der Waals surface area contributed by atoms with Crippen molar-refractivity contribution in [3.05, 3.63) is 24.3 Å². The van der Waals surface area contributed by atoms with Gasteiger partial charge in [-0.2, -0.15) is 0 Å². The predicted molar refractivity (Wildman–Crippen MR) is 80.7 cm³/mol. The van der Waals surface area contributed by atoms with Crippen LogP contribution in [0.15, 0.2) is 12.9 Å². The van der Waals surface area contributed by atoms with Crippen LogP contribution in [-0.2, 0) is 4.79 Å². The van der Waals surface area contributed by atoms with Crippen molar-refractivity contribution < 1.29 is 15.0 Å². The van der Waals surface area contributed by atoms with E-state index in [4.69, 9.17) is 0 Å². The smallest absolute Gasteiger partial charge is 0.138 e. The molecule has 5 unspecified atom stereocenters. The molecule has 0 amide bonds. The van der Waals surface area contributed by atoms with E-state index in [2.05, 4.69) is 11.6 Å². The molecular formula is C16H24N2O3. The lowest BCUT2D eigenvalue weighted by Crippen LogP contribution is -2.41. The number of hydrogen-bond donors (Lipinski definition) is 2. The van der Waals surface area contributed by atoms with Gasteiger partial charge in [0.25, 0.3) is 0 Å². The fourth-order valence-corrected chi connectivity index (χ4v) is 3.54. The lowest BCUT2D eigenvalue weighted by atomic mass is 9.75. The minimum absolute atomic E-state index is 0.109. The molecule has 0 saturated heterocycles. The molecule has 0 spiro atoms. The van der Waals surface area contributed by atoms with Gasteiger partial charge in [0.2, 0.25) is 0 Å². The first-order valence-corrected chi connectivity index (χ1v) is 7.20. The summed E-state index contributed by atoms with van der Waals surface area (Å²) < 4.78 is 1.86. The van der Waals surface area contributed by atoms with E-state index in [9.17, 15) is 15.0 Å². The molecule has 2 rings (SSSR count). The SMILES string of the molecule is C=C(C)c1ncn(C2C(O)C(O)C(C)(C(C)=O)C2C)c1C. The topological polar surface area (TPSA) is 75.3 Å². The highest BCUT2D eigenvalue weighted by molar-refractivity contribution is 5.83. The number of nitrogens with zero attached hydrogens (tertiary/aromatic N) is 2. The van der Waals surface area contributed by atoms with Gasteiger partial charge in [-0.3, -0.25) is 4.79 Å². The first-order chi connectivity index (χ1) is 9.63. The Morgan fingerprint density at radius 1 is 1.43 bits per heavy atom. The number of aromatic nitrogens is 2. The standard InChI is InChI=1S/C16H24N2O3/c1-8(2)12-10(4)18(7-17-12)13-9(3)16(6,11(5)19)15(21)14(13)20/h7,9,13-15,20-21H,1H2,2-6H3. The van der Waals surface area contributed by atoms with Gasteiger partial charge in [0.05, 0.1) is 29.6 Å². The van der Waals surface area contributed by atoms with Crippen LogP contribution in [0.5, 0.6) is 0 Å². The van der Waals surface area contributed by atoms with Gasteiger partial charge in [0.1, 0.15) is 11.9 Å². The fraction of sp³-hybridized carbons (Fsp3) is 0.625. The van der Waals surface area contributed by atoms with Crippen LogP contribution < -0.4 is 0 Å². The Hall–Kier alpha value is -1.46. The number of Topliss-reactive ketones (excluding diaryl/α,β-unsaturated/α-hetero) is 1. The van der Waals surface area contributed by atoms with E-state index in [1.165, 1.54) is 6.92 Å². The summed E-state index contributed by atoms with van der Waals surface area (Å²) in [5, 5.41) is 20.8. The van der Waals surface area contributed by atoms with Crippen molar-refractivity contribution in [3.8, 4) is 0 Å². The van der Waals surface area contributed by atoms with Gasteiger partial charge in [-0.25, -0.2) is 4.98 Å². The molecule has 5 heteroatoms. The molecule has 0 radical (unpaired) electrons. The van der Waals surface area contributed by atoms with E-state index in [-0.39, 0.29) is 17.7 Å². The minimum atomic E-state index is -1.08. The van der Waals surface area contributed by atoms with Crippen molar-refractivity contribution in [2.75, 3.05) is 0 Å². The Bertz CT molecular complexity index is 592. The zero-order valence-corrected chi connectivity index (χ0v) is 13.3. The quantitative estimate of drug-likeness (QED) is 0.889. The Labute approximate surface area is 125 Å². The number of rotatable bonds is 3. The highest BCUT2D eigenvalue weighted by atomic mass is 16.3. The van der Waals surface area contributed by atoms with Gasteiger partial charge in [0, 0.05) is 5.69 Å². The number of hydrogen-bond acceptors (Lipinski definition) is 4. The van der Waals surface area contributed by atoms with Gasteiger partial charge in [0.15, 0.2) is 0 Å². The number of allylic oxidation sites excluding steroid dienone is 1. The first kappa shape index (κ1) is 15.9. The monoisotopic (exact) mass is 292 g/mol. The second kappa shape index (κ2) is 5.07. The molecule has 21 heavy (non-hydrogen) atoms. The highest BCUT2D eigenvalue weighted by Crippen LogP contribution is 2.50. The number of carbonyl (C=O) groups excluding carboxylic acids is 1. The summed E-state index contributed by atoms with van der Waals surface area (Å²) in [6.07, 6.45) is -0.424. The van der Waals surface area contributed by atoms with E-state index in [1.54, 1.807) is 13.3 Å². The number of imidazole rings is 1. The zero-order chi connectivity index (χ0) is 16.1. The molecule has 116 valence electrons. The molecule has 1 aliphatic carbocycles. The second-order valence-electron chi connectivity index (χ2n) is 6.42. The summed E-state index contributed by atoms with van der Waals surface area (Å²) in [7, 11) is 0. The molecule has 2 N–H and O–H groups in total. The van der Waals surface area contributed by atoms with E-state index in [0.717, 1.165) is 17.0 Å². The minimum Gasteiger partial charge on any atom is -0.389 e. The Kier molecular flexibility index (Phi) is 3.84. The molecule has 1 saturated carbocycles. The average molecular weight is 292 g/mol. The van der Waals surface area contributed by atoms with Crippen LogP contribution in [0.25, 0.3) is 5.57 Å². The van der Waals surface area contributed by atoms with Crippen LogP contribution in [0.4, 0.5) is 0 Å². The van der Waals surface area contributed by atoms with Gasteiger partial charge < -0.3 is 14.8 Å². The number of ketones is 1. The van der Waals surface area contributed by atoms with E-state index in [0.29, 0.717) is 0 Å². The normalized spacial score (nSPS) is 36.0. The molecule has 0 aromatic carbocycles. The molecule has 1 fully saturated rings. The molecule has 1 aliphatic rings. The summed E-state index contributed by atoms with van der Waals surface area (Å²) in [6, 6.07) is -0.380. The molecular weight excluding hydrogens is 268 g/mol. The number of aliphatic hydroxyl groups excluding tert-OH is 2. The molecule has 0 aliphatic heterocycles. The predicted octanol–water partition coefficient (Wildman–Crippen LogP) is 1.73. The van der Waals surface area contributed by atoms with Crippen molar-refractivity contribution in [2.24, 2.45) is 11.3 Å². The lowest BCUT2D eigenvalue weighted by molar-refractivity contribution is -0.135. The summed E-state index contributed by atoms with van der Waals surface area (Å²) in [5.74, 6) is -0.312. The van der Waals surface area contributed by atoms with Crippen LogP contribution in [0, 0.1) is 18.3 Å². The Morgan fingerprint density at radius 2 is 2.00 bits per heavy atom. The Balaban J connectivity index is 2.51. The third-order valence-electron chi connectivity index (χ3n) is 5.27. The van der Waals surface area contributed by atoms with Crippen molar-refractivity contribution in [1.82, 2.24) is 9.55 Å². The van der Waals surface area contributed by atoms with Gasteiger partial charge >= 0.3 is 0 Å². The molecule has 1 aromatic rings. The van der Waals surface area contributed by atoms with E-state index >= 15 is 0 Å². The van der Waals surface area contributed by atoms with Gasteiger partial charge in [-0.05, 0) is 39.2 Å². The highest BCUT2D eigenvalue weighted by Gasteiger charge is 2.58. The van der Waals surface area contributed by atoms with Crippen LogP contribution in [-0.4, -0.2) is 37.8 Å². The van der Waals surface area contributed by atoms with Crippen LogP contribution in [0.3, 0.4) is 0 Å². The van der Waals surface area contributed by atoms with Crippen molar-refractivity contribution >= 4 is 11.4 Å². The summed E-state index contributed by atoms with van der Waals surface area (Å²) in [6.45, 7) is 12.8. The van der Waals surface area contributed by atoms with Crippen LogP contribution >= 0.6 is 0 Å². The summed E-state index contributed by atoms with van der Waals surface area (Å²) in [4.78, 5) is 16.3. The van der Waals surface area contributed by atoms with Crippen molar-refractivity contribution in [3.63, 3.8) is 0 Å².